The average Bonchev–Trinajstić information content (AvgIpc) is 2.68. The van der Waals surface area contributed by atoms with Crippen LogP contribution in [0, 0.1) is 11.3 Å². The van der Waals surface area contributed by atoms with E-state index in [2.05, 4.69) is 20.6 Å². The van der Waals surface area contributed by atoms with E-state index in [-0.39, 0.29) is 11.8 Å². The number of aryl methyl sites for hydroxylation is 1. The minimum absolute atomic E-state index is 0.00499. The summed E-state index contributed by atoms with van der Waals surface area (Å²) in [5, 5.41) is 14.4. The second-order valence-electron chi connectivity index (χ2n) is 5.94. The molecule has 1 heterocycles. The van der Waals surface area contributed by atoms with Crippen molar-refractivity contribution in [2.75, 3.05) is 10.6 Å². The van der Waals surface area contributed by atoms with Crippen LogP contribution in [-0.2, 0) is 12.6 Å². The van der Waals surface area contributed by atoms with Gasteiger partial charge in [0.25, 0.3) is 0 Å². The van der Waals surface area contributed by atoms with E-state index in [0.29, 0.717) is 16.9 Å². The van der Waals surface area contributed by atoms with Crippen LogP contribution in [0.2, 0.25) is 0 Å². The molecular weight excluding hydrogens is 367 g/mol. The van der Waals surface area contributed by atoms with Crippen molar-refractivity contribution < 1.29 is 13.2 Å². The second-order valence-corrected chi connectivity index (χ2v) is 5.94. The Labute approximate surface area is 159 Å². The normalized spacial score (nSPS) is 11.0. The molecule has 0 aliphatic heterocycles. The molecule has 0 aliphatic rings. The molecule has 5 nitrogen and oxygen atoms in total. The maximum absolute atomic E-state index is 13.3. The Hall–Kier alpha value is -3.60. The standard InChI is InChI=1S/C20H16F3N5/c1-2-13-3-7-15(8-4-13)26-18-17(20(21,22)23)12-25-19(28-18)27-16-9-5-14(11-24)6-10-16/h3-10,12H,2H2,1H3,(H2,25,26,27,28). The van der Waals surface area contributed by atoms with Gasteiger partial charge in [-0.25, -0.2) is 4.98 Å². The van der Waals surface area contributed by atoms with Gasteiger partial charge < -0.3 is 10.6 Å². The van der Waals surface area contributed by atoms with Crippen LogP contribution in [0.3, 0.4) is 0 Å². The van der Waals surface area contributed by atoms with Crippen molar-refractivity contribution >= 4 is 23.1 Å². The monoisotopic (exact) mass is 383 g/mol. The molecule has 0 unspecified atom stereocenters. The average molecular weight is 383 g/mol. The van der Waals surface area contributed by atoms with Crippen LogP contribution in [0.15, 0.2) is 54.7 Å². The Morgan fingerprint density at radius 3 is 2.14 bits per heavy atom. The quantitative estimate of drug-likeness (QED) is 0.616. The van der Waals surface area contributed by atoms with E-state index in [1.54, 1.807) is 36.4 Å². The summed E-state index contributed by atoms with van der Waals surface area (Å²) in [5.41, 5.74) is 1.63. The number of alkyl halides is 3. The number of aromatic nitrogens is 2. The maximum Gasteiger partial charge on any atom is 0.421 e. The van der Waals surface area contributed by atoms with E-state index in [1.807, 2.05) is 25.1 Å². The molecule has 0 bridgehead atoms. The summed E-state index contributed by atoms with van der Waals surface area (Å²) in [4.78, 5) is 7.76. The van der Waals surface area contributed by atoms with Crippen LogP contribution >= 0.6 is 0 Å². The van der Waals surface area contributed by atoms with Gasteiger partial charge in [-0.1, -0.05) is 19.1 Å². The van der Waals surface area contributed by atoms with Gasteiger partial charge in [0.15, 0.2) is 0 Å². The second kappa shape index (κ2) is 7.96. The van der Waals surface area contributed by atoms with Gasteiger partial charge in [0.1, 0.15) is 11.4 Å². The number of benzene rings is 2. The molecule has 0 saturated heterocycles. The van der Waals surface area contributed by atoms with E-state index in [4.69, 9.17) is 5.26 Å². The summed E-state index contributed by atoms with van der Waals surface area (Å²) < 4.78 is 40.0. The third-order valence-corrected chi connectivity index (χ3v) is 3.99. The van der Waals surface area contributed by atoms with Gasteiger partial charge in [0, 0.05) is 17.6 Å². The highest BCUT2D eigenvalue weighted by Gasteiger charge is 2.35. The number of nitriles is 1. The maximum atomic E-state index is 13.3. The van der Waals surface area contributed by atoms with E-state index < -0.39 is 11.7 Å². The highest BCUT2D eigenvalue weighted by atomic mass is 19.4. The number of hydrogen-bond donors (Lipinski definition) is 2. The van der Waals surface area contributed by atoms with Crippen LogP contribution in [0.1, 0.15) is 23.6 Å². The highest BCUT2D eigenvalue weighted by Crippen LogP contribution is 2.35. The van der Waals surface area contributed by atoms with Crippen molar-refractivity contribution in [3.63, 3.8) is 0 Å². The third-order valence-electron chi connectivity index (χ3n) is 3.99. The minimum atomic E-state index is -4.60. The van der Waals surface area contributed by atoms with Gasteiger partial charge >= 0.3 is 6.18 Å². The van der Waals surface area contributed by atoms with Crippen LogP contribution in [-0.4, -0.2) is 9.97 Å². The first-order chi connectivity index (χ1) is 13.4. The lowest BCUT2D eigenvalue weighted by Gasteiger charge is -2.15. The van der Waals surface area contributed by atoms with Crippen molar-refractivity contribution in [3.8, 4) is 6.07 Å². The van der Waals surface area contributed by atoms with Crippen LogP contribution in [0.5, 0.6) is 0 Å². The molecule has 0 fully saturated rings. The minimum Gasteiger partial charge on any atom is -0.340 e. The molecule has 2 N–H and O–H groups in total. The molecular formula is C20H16F3N5. The molecule has 142 valence electrons. The van der Waals surface area contributed by atoms with Gasteiger partial charge in [-0.05, 0) is 48.4 Å². The Kier molecular flexibility index (Phi) is 5.45. The molecule has 28 heavy (non-hydrogen) atoms. The SMILES string of the molecule is CCc1ccc(Nc2nc(Nc3ccc(C#N)cc3)ncc2C(F)(F)F)cc1. The first-order valence-electron chi connectivity index (χ1n) is 8.46. The number of nitrogens with zero attached hydrogens (tertiary/aromatic N) is 3. The summed E-state index contributed by atoms with van der Waals surface area (Å²) in [6.45, 7) is 2.00. The van der Waals surface area contributed by atoms with E-state index in [1.165, 1.54) is 0 Å². The van der Waals surface area contributed by atoms with Crippen LogP contribution in [0.25, 0.3) is 0 Å². The number of hydrogen-bond acceptors (Lipinski definition) is 5. The predicted octanol–water partition coefficient (Wildman–Crippen LogP) is 5.42. The lowest BCUT2D eigenvalue weighted by atomic mass is 10.1. The lowest BCUT2D eigenvalue weighted by molar-refractivity contribution is -0.137. The van der Waals surface area contributed by atoms with Crippen molar-refractivity contribution in [2.24, 2.45) is 0 Å². The number of halogens is 3. The fourth-order valence-electron chi connectivity index (χ4n) is 2.46. The molecule has 0 radical (unpaired) electrons. The summed E-state index contributed by atoms with van der Waals surface area (Å²) in [6, 6.07) is 15.5. The molecule has 8 heteroatoms. The van der Waals surface area contributed by atoms with Gasteiger partial charge in [0.05, 0.1) is 11.6 Å². The Morgan fingerprint density at radius 1 is 0.964 bits per heavy atom. The van der Waals surface area contributed by atoms with Gasteiger partial charge in [-0.2, -0.15) is 23.4 Å². The van der Waals surface area contributed by atoms with Crippen LogP contribution in [0.4, 0.5) is 36.3 Å². The number of nitrogens with one attached hydrogen (secondary N) is 2. The van der Waals surface area contributed by atoms with E-state index >= 15 is 0 Å². The predicted molar refractivity (Wildman–Crippen MR) is 101 cm³/mol. The zero-order valence-corrected chi connectivity index (χ0v) is 14.9. The summed E-state index contributed by atoms with van der Waals surface area (Å²) >= 11 is 0. The first-order valence-corrected chi connectivity index (χ1v) is 8.46. The topological polar surface area (TPSA) is 73.6 Å². The third kappa shape index (κ3) is 4.57. The smallest absolute Gasteiger partial charge is 0.340 e. The fraction of sp³-hybridized carbons (Fsp3) is 0.150. The Balaban J connectivity index is 1.90. The van der Waals surface area contributed by atoms with Crippen molar-refractivity contribution in [2.45, 2.75) is 19.5 Å². The molecule has 0 atom stereocenters. The number of rotatable bonds is 5. The zero-order chi connectivity index (χ0) is 20.1. The molecule has 0 amide bonds. The lowest BCUT2D eigenvalue weighted by Crippen LogP contribution is -2.12. The van der Waals surface area contributed by atoms with E-state index in [0.717, 1.165) is 18.2 Å². The van der Waals surface area contributed by atoms with Crippen molar-refractivity contribution in [1.82, 2.24) is 9.97 Å². The molecule has 0 aliphatic carbocycles. The Morgan fingerprint density at radius 2 is 1.57 bits per heavy atom. The summed E-state index contributed by atoms with van der Waals surface area (Å²) in [6.07, 6.45) is -3.03. The molecule has 3 aromatic rings. The molecule has 2 aromatic carbocycles. The largest absolute Gasteiger partial charge is 0.421 e. The molecule has 1 aromatic heterocycles. The fourth-order valence-corrected chi connectivity index (χ4v) is 2.46. The molecule has 0 saturated carbocycles. The molecule has 3 rings (SSSR count). The van der Waals surface area contributed by atoms with Crippen molar-refractivity contribution in [1.29, 1.82) is 5.26 Å². The van der Waals surface area contributed by atoms with Gasteiger partial charge in [-0.3, -0.25) is 0 Å². The number of anilines is 4. The highest BCUT2D eigenvalue weighted by molar-refractivity contribution is 5.63. The van der Waals surface area contributed by atoms with Gasteiger partial charge in [-0.15, -0.1) is 0 Å². The van der Waals surface area contributed by atoms with E-state index in [9.17, 15) is 13.2 Å². The Bertz CT molecular complexity index is 990. The van der Waals surface area contributed by atoms with Crippen LogP contribution < -0.4 is 10.6 Å². The van der Waals surface area contributed by atoms with Gasteiger partial charge in [0.2, 0.25) is 5.95 Å². The van der Waals surface area contributed by atoms with Crippen molar-refractivity contribution in [3.05, 3.63) is 71.4 Å². The first kappa shape index (κ1) is 19.2. The summed E-state index contributed by atoms with van der Waals surface area (Å²) in [7, 11) is 0. The summed E-state index contributed by atoms with van der Waals surface area (Å²) in [5.74, 6) is -0.340. The molecule has 0 spiro atoms. The zero-order valence-electron chi connectivity index (χ0n) is 14.9.